The van der Waals surface area contributed by atoms with Gasteiger partial charge in [0.05, 0.1) is 19.4 Å². The number of hydrazone groups is 1. The summed E-state index contributed by atoms with van der Waals surface area (Å²) < 4.78 is 10.8. The molecular weight excluding hydrogens is 328 g/mol. The van der Waals surface area contributed by atoms with Crippen molar-refractivity contribution in [2.24, 2.45) is 11.0 Å². The number of benzene rings is 2. The molecule has 0 aliphatic heterocycles. The number of hydrogen-bond donors (Lipinski definition) is 1. The lowest BCUT2D eigenvalue weighted by atomic mass is 10.1. The van der Waals surface area contributed by atoms with E-state index in [0.29, 0.717) is 18.1 Å². The van der Waals surface area contributed by atoms with Crippen LogP contribution in [0.4, 0.5) is 0 Å². The first-order chi connectivity index (χ1) is 12.5. The van der Waals surface area contributed by atoms with Crippen LogP contribution in [0.5, 0.6) is 11.5 Å². The van der Waals surface area contributed by atoms with Gasteiger partial charge in [0.25, 0.3) is 5.91 Å². The molecule has 0 saturated heterocycles. The van der Waals surface area contributed by atoms with Crippen LogP contribution in [0.15, 0.2) is 53.6 Å². The van der Waals surface area contributed by atoms with Gasteiger partial charge in [-0.05, 0) is 73.4 Å². The molecule has 2 aromatic carbocycles. The second kappa shape index (κ2) is 9.61. The Labute approximate surface area is 155 Å². The Morgan fingerprint density at radius 1 is 1.00 bits per heavy atom. The maximum Gasteiger partial charge on any atom is 0.271 e. The predicted molar refractivity (Wildman–Crippen MR) is 104 cm³/mol. The summed E-state index contributed by atoms with van der Waals surface area (Å²) in [6, 6.07) is 14.6. The fourth-order valence-electron chi connectivity index (χ4n) is 2.21. The maximum atomic E-state index is 12.2. The lowest BCUT2D eigenvalue weighted by Gasteiger charge is -2.08. The van der Waals surface area contributed by atoms with Crippen LogP contribution in [0, 0.1) is 5.92 Å². The van der Waals surface area contributed by atoms with Crippen molar-refractivity contribution in [2.75, 3.05) is 13.7 Å². The number of hydrogen-bond acceptors (Lipinski definition) is 4. The first-order valence-corrected chi connectivity index (χ1v) is 8.71. The smallest absolute Gasteiger partial charge is 0.271 e. The summed E-state index contributed by atoms with van der Waals surface area (Å²) in [6.07, 6.45) is 1.00. The van der Waals surface area contributed by atoms with Gasteiger partial charge in [-0.2, -0.15) is 5.10 Å². The second-order valence-corrected chi connectivity index (χ2v) is 6.42. The van der Waals surface area contributed by atoms with Crippen molar-refractivity contribution in [2.45, 2.75) is 27.2 Å². The summed E-state index contributed by atoms with van der Waals surface area (Å²) in [5.74, 6) is 1.89. The molecule has 0 atom stereocenters. The van der Waals surface area contributed by atoms with Gasteiger partial charge in [-0.15, -0.1) is 0 Å². The number of carbonyl (C=O) groups excluding carboxylic acids is 1. The van der Waals surface area contributed by atoms with Gasteiger partial charge in [0, 0.05) is 5.56 Å². The molecule has 138 valence electrons. The fourth-order valence-corrected chi connectivity index (χ4v) is 2.21. The zero-order valence-electron chi connectivity index (χ0n) is 15.8. The standard InChI is InChI=1S/C21H26N2O3/c1-15(2)13-14-26-20-11-7-18(8-12-20)21(24)23-22-16(3)17-5-9-19(25-4)10-6-17/h5-12,15H,13-14H2,1-4H3,(H,23,24)/b22-16+. The van der Waals surface area contributed by atoms with E-state index in [4.69, 9.17) is 9.47 Å². The molecule has 2 rings (SSSR count). The van der Waals surface area contributed by atoms with Gasteiger partial charge in [-0.25, -0.2) is 5.43 Å². The minimum absolute atomic E-state index is 0.258. The Kier molecular flexibility index (Phi) is 7.21. The summed E-state index contributed by atoms with van der Waals surface area (Å²) in [4.78, 5) is 12.2. The fraction of sp³-hybridized carbons (Fsp3) is 0.333. The Hall–Kier alpha value is -2.82. The highest BCUT2D eigenvalue weighted by molar-refractivity contribution is 6.00. The SMILES string of the molecule is COc1ccc(/C(C)=N/NC(=O)c2ccc(OCCC(C)C)cc2)cc1. The summed E-state index contributed by atoms with van der Waals surface area (Å²) in [7, 11) is 1.62. The van der Waals surface area contributed by atoms with E-state index in [0.717, 1.165) is 29.2 Å². The highest BCUT2D eigenvalue weighted by Gasteiger charge is 2.06. The molecule has 2 aromatic rings. The third-order valence-corrected chi connectivity index (χ3v) is 3.91. The molecule has 0 fully saturated rings. The predicted octanol–water partition coefficient (Wildman–Crippen LogP) is 4.27. The summed E-state index contributed by atoms with van der Waals surface area (Å²) in [6.45, 7) is 6.83. The molecule has 0 unspecified atom stereocenters. The molecule has 0 heterocycles. The van der Waals surface area contributed by atoms with Crippen LogP contribution in [-0.2, 0) is 0 Å². The topological polar surface area (TPSA) is 59.9 Å². The van der Waals surface area contributed by atoms with Crippen LogP contribution in [0.25, 0.3) is 0 Å². The number of carbonyl (C=O) groups is 1. The van der Waals surface area contributed by atoms with E-state index in [2.05, 4.69) is 24.4 Å². The van der Waals surface area contributed by atoms with E-state index in [9.17, 15) is 4.79 Å². The third-order valence-electron chi connectivity index (χ3n) is 3.91. The molecule has 0 aliphatic rings. The normalized spacial score (nSPS) is 11.3. The first-order valence-electron chi connectivity index (χ1n) is 8.71. The largest absolute Gasteiger partial charge is 0.497 e. The van der Waals surface area contributed by atoms with E-state index in [-0.39, 0.29) is 5.91 Å². The maximum absolute atomic E-state index is 12.2. The van der Waals surface area contributed by atoms with Crippen molar-refractivity contribution in [3.63, 3.8) is 0 Å². The molecule has 1 amide bonds. The quantitative estimate of drug-likeness (QED) is 0.569. The lowest BCUT2D eigenvalue weighted by Crippen LogP contribution is -2.19. The third kappa shape index (κ3) is 5.92. The van der Waals surface area contributed by atoms with Gasteiger partial charge in [-0.1, -0.05) is 13.8 Å². The number of nitrogens with zero attached hydrogens (tertiary/aromatic N) is 1. The summed E-state index contributed by atoms with van der Waals surface area (Å²) in [5, 5.41) is 4.16. The monoisotopic (exact) mass is 354 g/mol. The van der Waals surface area contributed by atoms with Gasteiger partial charge in [0.15, 0.2) is 0 Å². The highest BCUT2D eigenvalue weighted by Crippen LogP contribution is 2.14. The van der Waals surface area contributed by atoms with Crippen molar-refractivity contribution >= 4 is 11.6 Å². The van der Waals surface area contributed by atoms with Gasteiger partial charge < -0.3 is 9.47 Å². The lowest BCUT2D eigenvalue weighted by molar-refractivity contribution is 0.0955. The van der Waals surface area contributed by atoms with Crippen molar-refractivity contribution in [3.05, 3.63) is 59.7 Å². The van der Waals surface area contributed by atoms with Crippen molar-refractivity contribution in [3.8, 4) is 11.5 Å². The Morgan fingerprint density at radius 3 is 2.15 bits per heavy atom. The molecule has 5 nitrogen and oxygen atoms in total. The number of nitrogens with one attached hydrogen (secondary N) is 1. The second-order valence-electron chi connectivity index (χ2n) is 6.42. The summed E-state index contributed by atoms with van der Waals surface area (Å²) in [5.41, 5.74) is 4.75. The zero-order chi connectivity index (χ0) is 18.9. The molecule has 0 radical (unpaired) electrons. The van der Waals surface area contributed by atoms with E-state index in [1.54, 1.807) is 31.4 Å². The molecule has 0 aliphatic carbocycles. The molecule has 26 heavy (non-hydrogen) atoms. The van der Waals surface area contributed by atoms with Gasteiger partial charge in [-0.3, -0.25) is 4.79 Å². The average molecular weight is 354 g/mol. The number of ether oxygens (including phenoxy) is 2. The molecule has 5 heteroatoms. The molecule has 0 bridgehead atoms. The van der Waals surface area contributed by atoms with Crippen LogP contribution in [0.2, 0.25) is 0 Å². The van der Waals surface area contributed by atoms with Crippen LogP contribution >= 0.6 is 0 Å². The van der Waals surface area contributed by atoms with Gasteiger partial charge in [0.2, 0.25) is 0 Å². The molecule has 0 saturated carbocycles. The zero-order valence-corrected chi connectivity index (χ0v) is 15.8. The molecule has 0 spiro atoms. The van der Waals surface area contributed by atoms with E-state index in [1.807, 2.05) is 31.2 Å². The highest BCUT2D eigenvalue weighted by atomic mass is 16.5. The number of methoxy groups -OCH3 is 1. The van der Waals surface area contributed by atoms with E-state index >= 15 is 0 Å². The van der Waals surface area contributed by atoms with Crippen molar-refractivity contribution < 1.29 is 14.3 Å². The van der Waals surface area contributed by atoms with Gasteiger partial charge in [0.1, 0.15) is 11.5 Å². The van der Waals surface area contributed by atoms with Crippen LogP contribution < -0.4 is 14.9 Å². The van der Waals surface area contributed by atoms with Crippen LogP contribution in [0.3, 0.4) is 0 Å². The minimum atomic E-state index is -0.258. The Balaban J connectivity index is 1.91. The number of rotatable bonds is 8. The van der Waals surface area contributed by atoms with Gasteiger partial charge >= 0.3 is 0 Å². The number of amides is 1. The molecule has 0 aromatic heterocycles. The Morgan fingerprint density at radius 2 is 1.58 bits per heavy atom. The molecular formula is C21H26N2O3. The van der Waals surface area contributed by atoms with Crippen LogP contribution in [-0.4, -0.2) is 25.3 Å². The average Bonchev–Trinajstić information content (AvgIpc) is 2.66. The Bertz CT molecular complexity index is 735. The first kappa shape index (κ1) is 19.5. The van der Waals surface area contributed by atoms with Crippen molar-refractivity contribution in [1.29, 1.82) is 0 Å². The van der Waals surface area contributed by atoms with Crippen molar-refractivity contribution in [1.82, 2.24) is 5.43 Å². The van der Waals surface area contributed by atoms with E-state index < -0.39 is 0 Å². The van der Waals surface area contributed by atoms with E-state index in [1.165, 1.54) is 0 Å². The minimum Gasteiger partial charge on any atom is -0.497 e. The molecule has 1 N–H and O–H groups in total. The van der Waals surface area contributed by atoms with Crippen LogP contribution in [0.1, 0.15) is 43.1 Å². The summed E-state index contributed by atoms with van der Waals surface area (Å²) >= 11 is 0.